The van der Waals surface area contributed by atoms with E-state index in [-0.39, 0.29) is 29.3 Å². The topological polar surface area (TPSA) is 125 Å². The Morgan fingerprint density at radius 1 is 1.23 bits per heavy atom. The van der Waals surface area contributed by atoms with Gasteiger partial charge in [-0.15, -0.1) is 0 Å². The number of carbonyl (C=O) groups excluding carboxylic acids is 1. The van der Waals surface area contributed by atoms with Crippen molar-refractivity contribution in [2.45, 2.75) is 13.0 Å². The number of hydrogen-bond acceptors (Lipinski definition) is 6. The van der Waals surface area contributed by atoms with Crippen LogP contribution in [0.25, 0.3) is 11.4 Å². The Bertz CT molecular complexity index is 1070. The lowest BCUT2D eigenvalue weighted by Gasteiger charge is -2.27. The molecular formula is C17H14N6O3. The second-order valence-electron chi connectivity index (χ2n) is 5.85. The van der Waals surface area contributed by atoms with E-state index in [0.717, 1.165) is 6.20 Å². The smallest absolute Gasteiger partial charge is 0.274 e. The van der Waals surface area contributed by atoms with Crippen LogP contribution in [-0.4, -0.2) is 42.3 Å². The van der Waals surface area contributed by atoms with Crippen LogP contribution in [0.15, 0.2) is 46.5 Å². The lowest BCUT2D eigenvalue weighted by molar-refractivity contribution is 0.0725. The number of aromatic nitrogens is 5. The van der Waals surface area contributed by atoms with Crippen molar-refractivity contribution in [2.75, 3.05) is 6.54 Å². The summed E-state index contributed by atoms with van der Waals surface area (Å²) < 4.78 is 0. The Labute approximate surface area is 146 Å². The number of rotatable bonds is 2. The quantitative estimate of drug-likeness (QED) is 0.676. The zero-order valence-corrected chi connectivity index (χ0v) is 13.6. The molecule has 0 atom stereocenters. The molecule has 3 aromatic rings. The van der Waals surface area contributed by atoms with Crippen LogP contribution in [0.5, 0.6) is 0 Å². The first-order chi connectivity index (χ1) is 12.6. The van der Waals surface area contributed by atoms with Gasteiger partial charge in [0, 0.05) is 36.3 Å². The number of carbonyl (C=O) groups is 1. The molecule has 9 heteroatoms. The Morgan fingerprint density at radius 3 is 2.85 bits per heavy atom. The molecule has 1 aliphatic rings. The van der Waals surface area contributed by atoms with Crippen molar-refractivity contribution in [3.05, 3.63) is 74.6 Å². The summed E-state index contributed by atoms with van der Waals surface area (Å²) in [4.78, 5) is 55.2. The normalized spacial score (nSPS) is 13.3. The van der Waals surface area contributed by atoms with Gasteiger partial charge in [0.15, 0.2) is 0 Å². The number of fused-ring (bicyclic) bond motifs is 1. The van der Waals surface area contributed by atoms with E-state index in [0.29, 0.717) is 35.6 Å². The molecule has 4 heterocycles. The van der Waals surface area contributed by atoms with Crippen molar-refractivity contribution >= 4 is 5.91 Å². The molecule has 4 rings (SSSR count). The highest BCUT2D eigenvalue weighted by atomic mass is 16.2. The van der Waals surface area contributed by atoms with Crippen molar-refractivity contribution in [3.8, 4) is 11.4 Å². The zero-order valence-electron chi connectivity index (χ0n) is 13.6. The van der Waals surface area contributed by atoms with Gasteiger partial charge >= 0.3 is 0 Å². The van der Waals surface area contributed by atoms with Crippen molar-refractivity contribution in [3.63, 3.8) is 0 Å². The van der Waals surface area contributed by atoms with E-state index in [1.807, 2.05) is 0 Å². The van der Waals surface area contributed by atoms with E-state index in [1.165, 1.54) is 6.20 Å². The number of nitrogens with zero attached hydrogens (tertiary/aromatic N) is 4. The predicted octanol–water partition coefficient (Wildman–Crippen LogP) is 0.114. The van der Waals surface area contributed by atoms with Gasteiger partial charge in [-0.2, -0.15) is 0 Å². The van der Waals surface area contributed by atoms with Gasteiger partial charge in [0.1, 0.15) is 11.5 Å². The largest absolute Gasteiger partial charge is 0.331 e. The standard InChI is InChI=1S/C17H14N6O3/c24-14-8-19-12(7-20-14)17(26)23-5-3-11-13(9-23)21-15(22-16(11)25)10-2-1-4-18-6-10/h1-2,4,6-8H,3,5,9H2,(H,20,24)(H,21,22,25). The summed E-state index contributed by atoms with van der Waals surface area (Å²) in [5.74, 6) is 0.0928. The van der Waals surface area contributed by atoms with Crippen molar-refractivity contribution in [2.24, 2.45) is 0 Å². The van der Waals surface area contributed by atoms with Gasteiger partial charge in [-0.3, -0.25) is 19.4 Å². The van der Waals surface area contributed by atoms with Crippen LogP contribution < -0.4 is 11.1 Å². The second kappa shape index (κ2) is 6.36. The molecule has 0 fully saturated rings. The Hall–Kier alpha value is -3.62. The van der Waals surface area contributed by atoms with Crippen LogP contribution in [0.2, 0.25) is 0 Å². The number of aromatic amines is 2. The molecule has 1 amide bonds. The molecule has 130 valence electrons. The number of pyridine rings is 1. The first-order valence-corrected chi connectivity index (χ1v) is 7.98. The molecule has 3 aromatic heterocycles. The Balaban J connectivity index is 1.66. The number of nitrogens with one attached hydrogen (secondary N) is 2. The first-order valence-electron chi connectivity index (χ1n) is 7.98. The molecule has 0 aromatic carbocycles. The van der Waals surface area contributed by atoms with Gasteiger partial charge in [-0.25, -0.2) is 9.97 Å². The summed E-state index contributed by atoms with van der Waals surface area (Å²) in [6.07, 6.45) is 6.00. The van der Waals surface area contributed by atoms with E-state index < -0.39 is 0 Å². The van der Waals surface area contributed by atoms with Gasteiger partial charge in [0.25, 0.3) is 17.0 Å². The molecule has 0 aliphatic carbocycles. The minimum absolute atomic E-state index is 0.144. The highest BCUT2D eigenvalue weighted by Crippen LogP contribution is 2.19. The minimum Gasteiger partial charge on any atom is -0.331 e. The van der Waals surface area contributed by atoms with Crippen LogP contribution in [-0.2, 0) is 13.0 Å². The van der Waals surface area contributed by atoms with Crippen LogP contribution in [0.4, 0.5) is 0 Å². The monoisotopic (exact) mass is 350 g/mol. The fourth-order valence-corrected chi connectivity index (χ4v) is 2.87. The van der Waals surface area contributed by atoms with Crippen LogP contribution in [0.1, 0.15) is 21.7 Å². The third-order valence-corrected chi connectivity index (χ3v) is 4.19. The number of amides is 1. The van der Waals surface area contributed by atoms with Crippen LogP contribution >= 0.6 is 0 Å². The maximum Gasteiger partial charge on any atom is 0.274 e. The molecule has 1 aliphatic heterocycles. The summed E-state index contributed by atoms with van der Waals surface area (Å²) in [6, 6.07) is 3.56. The summed E-state index contributed by atoms with van der Waals surface area (Å²) >= 11 is 0. The summed E-state index contributed by atoms with van der Waals surface area (Å²) in [6.45, 7) is 0.579. The number of hydrogen-bond donors (Lipinski definition) is 2. The minimum atomic E-state index is -0.375. The molecule has 0 saturated carbocycles. The maximum atomic E-state index is 12.6. The number of H-pyrrole nitrogens is 2. The highest BCUT2D eigenvalue weighted by molar-refractivity contribution is 5.92. The highest BCUT2D eigenvalue weighted by Gasteiger charge is 2.26. The van der Waals surface area contributed by atoms with Crippen molar-refractivity contribution in [1.82, 2.24) is 29.8 Å². The maximum absolute atomic E-state index is 12.6. The fraction of sp³-hybridized carbons (Fsp3) is 0.176. The van der Waals surface area contributed by atoms with E-state index >= 15 is 0 Å². The first kappa shape index (κ1) is 15.9. The van der Waals surface area contributed by atoms with Gasteiger partial charge < -0.3 is 14.9 Å². The summed E-state index contributed by atoms with van der Waals surface area (Å²) in [5, 5.41) is 0. The molecule has 0 spiro atoms. The van der Waals surface area contributed by atoms with Gasteiger partial charge in [-0.05, 0) is 18.6 Å². The molecule has 0 radical (unpaired) electrons. The lowest BCUT2D eigenvalue weighted by atomic mass is 10.1. The molecule has 9 nitrogen and oxygen atoms in total. The van der Waals surface area contributed by atoms with Gasteiger partial charge in [0.2, 0.25) is 0 Å². The molecule has 0 saturated heterocycles. The predicted molar refractivity (Wildman–Crippen MR) is 91.4 cm³/mol. The Kier molecular flexibility index (Phi) is 3.88. The summed E-state index contributed by atoms with van der Waals surface area (Å²) in [7, 11) is 0. The van der Waals surface area contributed by atoms with Crippen LogP contribution in [0, 0.1) is 0 Å². The lowest BCUT2D eigenvalue weighted by Crippen LogP contribution is -2.39. The van der Waals surface area contributed by atoms with Gasteiger partial charge in [0.05, 0.1) is 18.4 Å². The molecule has 2 N–H and O–H groups in total. The third kappa shape index (κ3) is 2.90. The molecular weight excluding hydrogens is 336 g/mol. The Morgan fingerprint density at radius 2 is 2.12 bits per heavy atom. The molecule has 0 unspecified atom stereocenters. The summed E-state index contributed by atoms with van der Waals surface area (Å²) in [5.41, 5.74) is 1.39. The molecule has 26 heavy (non-hydrogen) atoms. The van der Waals surface area contributed by atoms with Crippen molar-refractivity contribution in [1.29, 1.82) is 0 Å². The molecule has 0 bridgehead atoms. The second-order valence-corrected chi connectivity index (χ2v) is 5.85. The average Bonchev–Trinajstić information content (AvgIpc) is 2.68. The SMILES string of the molecule is O=C(c1c[nH]c(=O)cn1)N1CCc2c(nc(-c3cccnc3)[nH]c2=O)C1. The van der Waals surface area contributed by atoms with E-state index in [2.05, 4.69) is 24.9 Å². The average molecular weight is 350 g/mol. The van der Waals surface area contributed by atoms with E-state index in [1.54, 1.807) is 29.4 Å². The van der Waals surface area contributed by atoms with Crippen LogP contribution in [0.3, 0.4) is 0 Å². The van der Waals surface area contributed by atoms with Crippen molar-refractivity contribution < 1.29 is 4.79 Å². The van der Waals surface area contributed by atoms with E-state index in [9.17, 15) is 14.4 Å². The van der Waals surface area contributed by atoms with Gasteiger partial charge in [-0.1, -0.05) is 0 Å². The fourth-order valence-electron chi connectivity index (χ4n) is 2.87. The van der Waals surface area contributed by atoms with E-state index in [4.69, 9.17) is 0 Å². The third-order valence-electron chi connectivity index (χ3n) is 4.19. The zero-order chi connectivity index (χ0) is 18.1.